The Hall–Kier alpha value is -12.6. The van der Waals surface area contributed by atoms with E-state index in [9.17, 15) is 0 Å². The SMILES string of the molecule is c1ccc(-c2ccc3c(c2)Oc2cc(-c4ccccc4)ccc2N3c2cc(-c3ccc(-n4c5ccc(-c6ccccc6)cc5c5cc(-c6ccccc6)ccc54)cc3)nc(-c3ccc(-n4c5ccc(-c6ccccc6)cc5c5cc(-c6ccccc6)ccc54)cc3)c2)cc1. The highest BCUT2D eigenvalue weighted by Crippen LogP contribution is 2.53. The predicted octanol–water partition coefficient (Wildman–Crippen LogP) is 24.2. The fraction of sp³-hybridized carbons (Fsp3) is 0. The maximum Gasteiger partial charge on any atom is 0.152 e. The van der Waals surface area contributed by atoms with E-state index in [0.29, 0.717) is 0 Å². The van der Waals surface area contributed by atoms with E-state index in [0.717, 1.165) is 107 Å². The highest BCUT2D eigenvalue weighted by molar-refractivity contribution is 6.13. The van der Waals surface area contributed by atoms with Crippen LogP contribution in [0.15, 0.2) is 352 Å². The summed E-state index contributed by atoms with van der Waals surface area (Å²) >= 11 is 0. The number of ether oxygens (including phenoxy) is 1. The number of hydrogen-bond donors (Lipinski definition) is 0. The van der Waals surface area contributed by atoms with Crippen LogP contribution in [0.1, 0.15) is 0 Å². The molecule has 14 aromatic carbocycles. The topological polar surface area (TPSA) is 35.2 Å². The molecule has 0 bridgehead atoms. The third-order valence-electron chi connectivity index (χ3n) is 18.7. The van der Waals surface area contributed by atoms with Gasteiger partial charge < -0.3 is 18.8 Å². The minimum atomic E-state index is 0.767. The molecule has 0 atom stereocenters. The summed E-state index contributed by atoms with van der Waals surface area (Å²) in [6.45, 7) is 0. The first kappa shape index (κ1) is 54.4. The molecule has 0 fully saturated rings. The number of benzene rings is 14. The Morgan fingerprint density at radius 2 is 0.457 bits per heavy atom. The van der Waals surface area contributed by atoms with E-state index >= 15 is 0 Å². The zero-order valence-corrected chi connectivity index (χ0v) is 51.2. The lowest BCUT2D eigenvalue weighted by Gasteiger charge is -2.34. The number of rotatable bonds is 11. The number of nitrogens with zero attached hydrogens (tertiary/aromatic N) is 4. The maximum atomic E-state index is 7.06. The summed E-state index contributed by atoms with van der Waals surface area (Å²) in [7, 11) is 0. The Morgan fingerprint density at radius 1 is 0.202 bits per heavy atom. The molecule has 0 N–H and O–H groups in total. The fourth-order valence-corrected chi connectivity index (χ4v) is 14.1. The van der Waals surface area contributed by atoms with Crippen molar-refractivity contribution >= 4 is 60.7 Å². The molecule has 18 rings (SSSR count). The zero-order valence-electron chi connectivity index (χ0n) is 51.2. The lowest BCUT2D eigenvalue weighted by Crippen LogP contribution is -2.16. The number of fused-ring (bicyclic) bond motifs is 8. The molecule has 5 nitrogen and oxygen atoms in total. The standard InChI is InChI=1S/C89H58N4O/c1-7-19-59(20-8-1)67-35-45-82-76(51-67)77-52-68(60-21-9-2-10-22-60)36-46-83(77)91(82)73-41-31-65(32-42-73)80-57-75(93-86-49-39-71(63-27-15-5-16-28-63)55-88(86)94-89-56-72(40-50-87(89)93)64-29-17-6-18-30-64)58-81(90-80)66-33-43-74(44-34-66)92-84-47-37-69(61-23-11-3-12-24-61)53-78(84)79-54-70(38-48-85(79)92)62-25-13-4-14-26-62/h1-58H. The molecule has 1 aliphatic rings. The van der Waals surface area contributed by atoms with E-state index in [1.807, 2.05) is 0 Å². The summed E-state index contributed by atoms with van der Waals surface area (Å²) < 4.78 is 11.9. The molecule has 0 spiro atoms. The van der Waals surface area contributed by atoms with Crippen molar-refractivity contribution in [2.45, 2.75) is 0 Å². The molecule has 440 valence electrons. The second-order valence-corrected chi connectivity index (χ2v) is 24.3. The van der Waals surface area contributed by atoms with E-state index < -0.39 is 0 Å². The van der Waals surface area contributed by atoms with Gasteiger partial charge in [-0.1, -0.05) is 243 Å². The molecule has 94 heavy (non-hydrogen) atoms. The van der Waals surface area contributed by atoms with Crippen molar-refractivity contribution in [3.63, 3.8) is 0 Å². The van der Waals surface area contributed by atoms with Crippen LogP contribution in [0.2, 0.25) is 0 Å². The Kier molecular flexibility index (Phi) is 13.1. The molecule has 0 unspecified atom stereocenters. The van der Waals surface area contributed by atoms with Crippen molar-refractivity contribution in [1.82, 2.24) is 14.1 Å². The molecule has 0 radical (unpaired) electrons. The van der Waals surface area contributed by atoms with Crippen LogP contribution in [0.25, 0.3) is 144 Å². The van der Waals surface area contributed by atoms with Gasteiger partial charge in [-0.25, -0.2) is 4.98 Å². The van der Waals surface area contributed by atoms with Gasteiger partial charge in [0.2, 0.25) is 0 Å². The van der Waals surface area contributed by atoms with Gasteiger partial charge in [-0.3, -0.25) is 0 Å². The average Bonchev–Trinajstić information content (AvgIpc) is 1.29. The monoisotopic (exact) mass is 1200 g/mol. The smallest absolute Gasteiger partial charge is 0.152 e. The van der Waals surface area contributed by atoms with Gasteiger partial charge in [0.15, 0.2) is 11.5 Å². The summed E-state index contributed by atoms with van der Waals surface area (Å²) in [5, 5.41) is 4.81. The van der Waals surface area contributed by atoms with Gasteiger partial charge in [-0.05, 0) is 176 Å². The van der Waals surface area contributed by atoms with E-state index in [4.69, 9.17) is 9.72 Å². The Labute approximate surface area is 545 Å². The van der Waals surface area contributed by atoms with Crippen LogP contribution in [0.4, 0.5) is 17.1 Å². The molecule has 3 aromatic heterocycles. The van der Waals surface area contributed by atoms with Crippen LogP contribution in [-0.4, -0.2) is 14.1 Å². The summed E-state index contributed by atoms with van der Waals surface area (Å²) in [5.41, 5.74) is 27.1. The molecule has 1 aliphatic heterocycles. The summed E-state index contributed by atoms with van der Waals surface area (Å²) in [6.07, 6.45) is 0. The minimum absolute atomic E-state index is 0.767. The van der Waals surface area contributed by atoms with Gasteiger partial charge in [0.05, 0.1) is 50.5 Å². The number of hydrogen-bond acceptors (Lipinski definition) is 3. The fourth-order valence-electron chi connectivity index (χ4n) is 14.1. The minimum Gasteiger partial charge on any atom is -0.453 e. The third kappa shape index (κ3) is 9.61. The summed E-state index contributed by atoms with van der Waals surface area (Å²) in [5.74, 6) is 1.53. The molecule has 17 aromatic rings. The number of pyridine rings is 1. The van der Waals surface area contributed by atoms with Gasteiger partial charge >= 0.3 is 0 Å². The first-order chi connectivity index (χ1) is 46.6. The average molecular weight is 1200 g/mol. The van der Waals surface area contributed by atoms with Gasteiger partial charge in [0, 0.05) is 44.0 Å². The zero-order chi connectivity index (χ0) is 62.1. The Balaban J connectivity index is 0.797. The third-order valence-corrected chi connectivity index (χ3v) is 18.7. The van der Waals surface area contributed by atoms with Crippen LogP contribution >= 0.6 is 0 Å². The van der Waals surface area contributed by atoms with Gasteiger partial charge in [-0.2, -0.15) is 0 Å². The maximum absolute atomic E-state index is 7.06. The van der Waals surface area contributed by atoms with Gasteiger partial charge in [0.1, 0.15) is 0 Å². The molecule has 0 amide bonds. The van der Waals surface area contributed by atoms with Crippen molar-refractivity contribution in [3.8, 4) is 112 Å². The Morgan fingerprint density at radius 3 is 0.745 bits per heavy atom. The van der Waals surface area contributed by atoms with E-state index in [1.165, 1.54) is 66.1 Å². The van der Waals surface area contributed by atoms with Crippen LogP contribution in [0.5, 0.6) is 11.5 Å². The van der Waals surface area contributed by atoms with E-state index in [2.05, 4.69) is 366 Å². The van der Waals surface area contributed by atoms with Crippen LogP contribution in [-0.2, 0) is 0 Å². The highest BCUT2D eigenvalue weighted by Gasteiger charge is 2.29. The lowest BCUT2D eigenvalue weighted by atomic mass is 10.0. The summed E-state index contributed by atoms with van der Waals surface area (Å²) in [4.78, 5) is 8.01. The lowest BCUT2D eigenvalue weighted by molar-refractivity contribution is 0.477. The van der Waals surface area contributed by atoms with Gasteiger partial charge in [0.25, 0.3) is 0 Å². The van der Waals surface area contributed by atoms with E-state index in [-0.39, 0.29) is 0 Å². The molecule has 4 heterocycles. The molecular weight excluding hydrogens is 1140 g/mol. The van der Waals surface area contributed by atoms with E-state index in [1.54, 1.807) is 0 Å². The second-order valence-electron chi connectivity index (χ2n) is 24.3. The number of anilines is 3. The van der Waals surface area contributed by atoms with Crippen molar-refractivity contribution < 1.29 is 4.74 Å². The quantitative estimate of drug-likeness (QED) is 0.129. The molecule has 0 saturated heterocycles. The Bertz CT molecular complexity index is 5160. The first-order valence-corrected chi connectivity index (χ1v) is 32.1. The van der Waals surface area contributed by atoms with Crippen molar-refractivity contribution in [2.75, 3.05) is 4.90 Å². The normalized spacial score (nSPS) is 11.9. The van der Waals surface area contributed by atoms with Crippen molar-refractivity contribution in [3.05, 3.63) is 352 Å². The van der Waals surface area contributed by atoms with Crippen LogP contribution < -0.4 is 9.64 Å². The van der Waals surface area contributed by atoms with Gasteiger partial charge in [-0.15, -0.1) is 0 Å². The second kappa shape index (κ2) is 22.7. The van der Waals surface area contributed by atoms with Crippen LogP contribution in [0, 0.1) is 0 Å². The molecule has 0 aliphatic carbocycles. The largest absolute Gasteiger partial charge is 0.453 e. The van der Waals surface area contributed by atoms with Crippen molar-refractivity contribution in [1.29, 1.82) is 0 Å². The molecule has 0 saturated carbocycles. The molecule has 5 heteroatoms. The molecular formula is C89H58N4O. The predicted molar refractivity (Wildman–Crippen MR) is 391 cm³/mol. The van der Waals surface area contributed by atoms with Crippen molar-refractivity contribution in [2.24, 2.45) is 0 Å². The number of aromatic nitrogens is 3. The highest BCUT2D eigenvalue weighted by atomic mass is 16.5. The van der Waals surface area contributed by atoms with Crippen LogP contribution in [0.3, 0.4) is 0 Å². The first-order valence-electron chi connectivity index (χ1n) is 32.1. The summed E-state index contributed by atoms with van der Waals surface area (Å²) in [6, 6.07) is 127.